The lowest BCUT2D eigenvalue weighted by molar-refractivity contribution is -0.120. The molecule has 0 radical (unpaired) electrons. The number of carbonyl (C=O) groups is 1. The Morgan fingerprint density at radius 3 is 2.67 bits per heavy atom. The molecule has 1 heterocycles. The third-order valence-electron chi connectivity index (χ3n) is 4.03. The SMILES string of the molecule is CCOc1ccccc1-c1ccc(CC(=O)NCc2cccc(F)c2)cn1. The highest BCUT2D eigenvalue weighted by atomic mass is 19.1. The van der Waals surface area contributed by atoms with Gasteiger partial charge < -0.3 is 10.1 Å². The number of rotatable bonds is 7. The van der Waals surface area contributed by atoms with Gasteiger partial charge in [-0.3, -0.25) is 9.78 Å². The van der Waals surface area contributed by atoms with E-state index >= 15 is 0 Å². The molecular formula is C22H21FN2O2. The fourth-order valence-corrected chi connectivity index (χ4v) is 2.74. The van der Waals surface area contributed by atoms with Crippen LogP contribution in [-0.4, -0.2) is 17.5 Å². The topological polar surface area (TPSA) is 51.2 Å². The van der Waals surface area contributed by atoms with E-state index in [4.69, 9.17) is 4.74 Å². The number of aromatic nitrogens is 1. The Hall–Kier alpha value is -3.21. The monoisotopic (exact) mass is 364 g/mol. The summed E-state index contributed by atoms with van der Waals surface area (Å²) < 4.78 is 18.8. The van der Waals surface area contributed by atoms with E-state index in [1.165, 1.54) is 12.1 Å². The van der Waals surface area contributed by atoms with Gasteiger partial charge in [-0.25, -0.2) is 4.39 Å². The maximum Gasteiger partial charge on any atom is 0.224 e. The molecule has 0 bridgehead atoms. The van der Waals surface area contributed by atoms with Crippen molar-refractivity contribution in [3.05, 3.63) is 83.8 Å². The number of benzene rings is 2. The lowest BCUT2D eigenvalue weighted by Crippen LogP contribution is -2.24. The molecule has 2 aromatic carbocycles. The largest absolute Gasteiger partial charge is 0.493 e. The van der Waals surface area contributed by atoms with Crippen LogP contribution >= 0.6 is 0 Å². The molecule has 0 atom stereocenters. The van der Waals surface area contributed by atoms with E-state index in [1.54, 1.807) is 18.3 Å². The molecule has 0 saturated carbocycles. The fourth-order valence-electron chi connectivity index (χ4n) is 2.74. The molecule has 1 aromatic heterocycles. The van der Waals surface area contributed by atoms with Crippen LogP contribution in [0.3, 0.4) is 0 Å². The van der Waals surface area contributed by atoms with Gasteiger partial charge in [0.1, 0.15) is 11.6 Å². The second-order valence-electron chi connectivity index (χ2n) is 6.06. The van der Waals surface area contributed by atoms with Crippen molar-refractivity contribution in [2.24, 2.45) is 0 Å². The minimum Gasteiger partial charge on any atom is -0.493 e. The molecule has 4 nitrogen and oxygen atoms in total. The van der Waals surface area contributed by atoms with Crippen LogP contribution in [-0.2, 0) is 17.8 Å². The van der Waals surface area contributed by atoms with Gasteiger partial charge in [-0.2, -0.15) is 0 Å². The van der Waals surface area contributed by atoms with Crippen LogP contribution in [0.15, 0.2) is 66.9 Å². The summed E-state index contributed by atoms with van der Waals surface area (Å²) in [5, 5.41) is 2.79. The average Bonchev–Trinajstić information content (AvgIpc) is 2.68. The van der Waals surface area contributed by atoms with E-state index in [9.17, 15) is 9.18 Å². The number of halogens is 1. The molecule has 3 rings (SSSR count). The Morgan fingerprint density at radius 1 is 1.07 bits per heavy atom. The molecule has 0 spiro atoms. The molecule has 1 amide bonds. The first kappa shape index (κ1) is 18.6. The first-order chi connectivity index (χ1) is 13.2. The zero-order valence-electron chi connectivity index (χ0n) is 15.1. The highest BCUT2D eigenvalue weighted by Gasteiger charge is 2.08. The first-order valence-electron chi connectivity index (χ1n) is 8.84. The normalized spacial score (nSPS) is 10.4. The van der Waals surface area contributed by atoms with Crippen LogP contribution in [0.5, 0.6) is 5.75 Å². The maximum atomic E-state index is 13.2. The molecule has 27 heavy (non-hydrogen) atoms. The second kappa shape index (κ2) is 8.94. The summed E-state index contributed by atoms with van der Waals surface area (Å²) >= 11 is 0. The summed E-state index contributed by atoms with van der Waals surface area (Å²) in [7, 11) is 0. The number of para-hydroxylation sites is 1. The van der Waals surface area contributed by atoms with Crippen LogP contribution in [0, 0.1) is 5.82 Å². The van der Waals surface area contributed by atoms with Crippen molar-refractivity contribution in [1.29, 1.82) is 0 Å². The minimum atomic E-state index is -0.311. The summed E-state index contributed by atoms with van der Waals surface area (Å²) in [6, 6.07) is 17.7. The molecule has 138 valence electrons. The second-order valence-corrected chi connectivity index (χ2v) is 6.06. The van der Waals surface area contributed by atoms with Crippen LogP contribution in [0.1, 0.15) is 18.1 Å². The highest BCUT2D eigenvalue weighted by molar-refractivity contribution is 5.78. The van der Waals surface area contributed by atoms with E-state index in [2.05, 4.69) is 10.3 Å². The number of amides is 1. The van der Waals surface area contributed by atoms with Gasteiger partial charge >= 0.3 is 0 Å². The van der Waals surface area contributed by atoms with Gasteiger partial charge in [-0.15, -0.1) is 0 Å². The number of carbonyl (C=O) groups excluding carboxylic acids is 1. The zero-order valence-corrected chi connectivity index (χ0v) is 15.1. The van der Waals surface area contributed by atoms with Crippen molar-refractivity contribution < 1.29 is 13.9 Å². The number of nitrogens with one attached hydrogen (secondary N) is 1. The zero-order chi connectivity index (χ0) is 19.1. The van der Waals surface area contributed by atoms with E-state index in [0.717, 1.165) is 28.1 Å². The van der Waals surface area contributed by atoms with Gasteiger partial charge in [-0.05, 0) is 48.4 Å². The lowest BCUT2D eigenvalue weighted by atomic mass is 10.1. The fraction of sp³-hybridized carbons (Fsp3) is 0.182. The molecule has 0 aliphatic heterocycles. The summed E-state index contributed by atoms with van der Waals surface area (Å²) in [6.07, 6.45) is 1.91. The Labute approximate surface area is 158 Å². The number of pyridine rings is 1. The number of ether oxygens (including phenoxy) is 1. The van der Waals surface area contributed by atoms with Gasteiger partial charge in [0, 0.05) is 18.3 Å². The molecule has 0 unspecified atom stereocenters. The van der Waals surface area contributed by atoms with Crippen molar-refractivity contribution >= 4 is 5.91 Å². The molecule has 0 fully saturated rings. The molecule has 5 heteroatoms. The molecule has 0 aliphatic carbocycles. The smallest absolute Gasteiger partial charge is 0.224 e. The molecule has 0 aliphatic rings. The summed E-state index contributed by atoms with van der Waals surface area (Å²) in [6.45, 7) is 2.82. The van der Waals surface area contributed by atoms with Crippen LogP contribution in [0.25, 0.3) is 11.3 Å². The Bertz CT molecular complexity index is 910. The third kappa shape index (κ3) is 5.14. The Balaban J connectivity index is 1.61. The molecule has 0 saturated heterocycles. The van der Waals surface area contributed by atoms with E-state index in [0.29, 0.717) is 13.2 Å². The average molecular weight is 364 g/mol. The number of hydrogen-bond donors (Lipinski definition) is 1. The number of hydrogen-bond acceptors (Lipinski definition) is 3. The van der Waals surface area contributed by atoms with E-state index in [-0.39, 0.29) is 18.1 Å². The van der Waals surface area contributed by atoms with Crippen molar-refractivity contribution in [2.45, 2.75) is 19.9 Å². The predicted octanol–water partition coefficient (Wildman–Crippen LogP) is 4.15. The quantitative estimate of drug-likeness (QED) is 0.685. The number of nitrogens with zero attached hydrogens (tertiary/aromatic N) is 1. The molecule has 1 N–H and O–H groups in total. The Kier molecular flexibility index (Phi) is 6.15. The van der Waals surface area contributed by atoms with Crippen LogP contribution in [0.4, 0.5) is 4.39 Å². The maximum absolute atomic E-state index is 13.2. The summed E-state index contributed by atoms with van der Waals surface area (Å²) in [5.41, 5.74) is 3.25. The first-order valence-corrected chi connectivity index (χ1v) is 8.84. The minimum absolute atomic E-state index is 0.136. The lowest BCUT2D eigenvalue weighted by Gasteiger charge is -2.10. The summed E-state index contributed by atoms with van der Waals surface area (Å²) in [5.74, 6) is 0.338. The van der Waals surface area contributed by atoms with E-state index < -0.39 is 0 Å². The summed E-state index contributed by atoms with van der Waals surface area (Å²) in [4.78, 5) is 16.6. The highest BCUT2D eigenvalue weighted by Crippen LogP contribution is 2.28. The molecular weight excluding hydrogens is 343 g/mol. The van der Waals surface area contributed by atoms with E-state index in [1.807, 2.05) is 43.3 Å². The van der Waals surface area contributed by atoms with Crippen molar-refractivity contribution in [2.75, 3.05) is 6.61 Å². The third-order valence-corrected chi connectivity index (χ3v) is 4.03. The molecule has 3 aromatic rings. The standard InChI is InChI=1S/C22H21FN2O2/c1-2-27-21-9-4-3-8-19(21)20-11-10-17(14-24-20)13-22(26)25-15-16-6-5-7-18(23)12-16/h3-12,14H,2,13,15H2,1H3,(H,25,26). The van der Waals surface area contributed by atoms with Gasteiger partial charge in [0.2, 0.25) is 5.91 Å². The van der Waals surface area contributed by atoms with Crippen molar-refractivity contribution in [1.82, 2.24) is 10.3 Å². The van der Waals surface area contributed by atoms with Crippen molar-refractivity contribution in [3.8, 4) is 17.0 Å². The van der Waals surface area contributed by atoms with Crippen LogP contribution < -0.4 is 10.1 Å². The predicted molar refractivity (Wildman–Crippen MR) is 103 cm³/mol. The van der Waals surface area contributed by atoms with Crippen LogP contribution in [0.2, 0.25) is 0 Å². The van der Waals surface area contributed by atoms with Gasteiger partial charge in [-0.1, -0.05) is 30.3 Å². The van der Waals surface area contributed by atoms with Crippen molar-refractivity contribution in [3.63, 3.8) is 0 Å². The van der Waals surface area contributed by atoms with Gasteiger partial charge in [0.25, 0.3) is 0 Å². The van der Waals surface area contributed by atoms with Gasteiger partial charge in [0.15, 0.2) is 0 Å². The Morgan fingerprint density at radius 2 is 1.93 bits per heavy atom. The van der Waals surface area contributed by atoms with Gasteiger partial charge in [0.05, 0.1) is 18.7 Å².